The lowest BCUT2D eigenvalue weighted by Gasteiger charge is -2.12. The number of rotatable bonds is 5. The molecule has 1 atom stereocenters. The minimum atomic E-state index is -0.115. The van der Waals surface area contributed by atoms with Gasteiger partial charge in [0.25, 0.3) is 0 Å². The molecule has 0 aliphatic carbocycles. The quantitative estimate of drug-likeness (QED) is 0.580. The predicted molar refractivity (Wildman–Crippen MR) is 67.7 cm³/mol. The first-order chi connectivity index (χ1) is 7.67. The molecule has 0 radical (unpaired) electrons. The smallest absolute Gasteiger partial charge is 0.319 e. The van der Waals surface area contributed by atoms with Crippen LogP contribution in [0.4, 0.5) is 0 Å². The summed E-state index contributed by atoms with van der Waals surface area (Å²) in [4.78, 5) is 12.7. The fraction of sp³-hybridized carbons (Fsp3) is 0.462. The van der Waals surface area contributed by atoms with Crippen LogP contribution >= 0.6 is 11.8 Å². The van der Waals surface area contributed by atoms with Gasteiger partial charge in [0.1, 0.15) is 5.25 Å². The highest BCUT2D eigenvalue weighted by atomic mass is 32.2. The van der Waals surface area contributed by atoms with Crippen LogP contribution in [-0.2, 0) is 9.53 Å². The van der Waals surface area contributed by atoms with E-state index in [0.29, 0.717) is 6.61 Å². The molecular formula is C13H18O2S. The highest BCUT2D eigenvalue weighted by Gasteiger charge is 2.18. The molecule has 0 spiro atoms. The summed E-state index contributed by atoms with van der Waals surface area (Å²) in [5, 5.41) is -0.0948. The zero-order valence-corrected chi connectivity index (χ0v) is 10.8. The van der Waals surface area contributed by atoms with Gasteiger partial charge in [0.05, 0.1) is 6.61 Å². The minimum Gasteiger partial charge on any atom is -0.465 e. The van der Waals surface area contributed by atoms with E-state index in [9.17, 15) is 4.79 Å². The van der Waals surface area contributed by atoms with Crippen LogP contribution in [-0.4, -0.2) is 17.8 Å². The zero-order valence-electron chi connectivity index (χ0n) is 10.0. The van der Waals surface area contributed by atoms with E-state index < -0.39 is 0 Å². The summed E-state index contributed by atoms with van der Waals surface area (Å²) in [6, 6.07) is 8.20. The van der Waals surface area contributed by atoms with Crippen LogP contribution in [0.15, 0.2) is 29.2 Å². The Morgan fingerprint density at radius 3 is 2.44 bits per heavy atom. The van der Waals surface area contributed by atoms with E-state index in [1.165, 1.54) is 5.56 Å². The summed E-state index contributed by atoms with van der Waals surface area (Å²) in [7, 11) is 0. The third kappa shape index (κ3) is 3.89. The van der Waals surface area contributed by atoms with Crippen molar-refractivity contribution in [3.8, 4) is 0 Å². The van der Waals surface area contributed by atoms with Gasteiger partial charge in [0, 0.05) is 4.90 Å². The first kappa shape index (κ1) is 13.1. The molecule has 0 bridgehead atoms. The summed E-state index contributed by atoms with van der Waals surface area (Å²) < 4.78 is 5.03. The number of thioether (sulfide) groups is 1. The molecule has 0 aromatic heterocycles. The second-order valence-electron chi connectivity index (χ2n) is 3.58. The predicted octanol–water partition coefficient (Wildman–Crippen LogP) is 3.43. The number of esters is 1. The van der Waals surface area contributed by atoms with Crippen LogP contribution in [0.5, 0.6) is 0 Å². The summed E-state index contributed by atoms with van der Waals surface area (Å²) >= 11 is 1.57. The molecule has 1 aromatic carbocycles. The van der Waals surface area contributed by atoms with Crippen LogP contribution < -0.4 is 0 Å². The number of aryl methyl sites for hydroxylation is 1. The molecule has 0 aliphatic heterocycles. The van der Waals surface area contributed by atoms with Gasteiger partial charge in [-0.1, -0.05) is 24.6 Å². The van der Waals surface area contributed by atoms with Gasteiger partial charge in [-0.05, 0) is 32.4 Å². The summed E-state index contributed by atoms with van der Waals surface area (Å²) in [6.07, 6.45) is 0.789. The van der Waals surface area contributed by atoms with Crippen molar-refractivity contribution in [2.24, 2.45) is 0 Å². The maximum absolute atomic E-state index is 11.6. The van der Waals surface area contributed by atoms with E-state index in [0.717, 1.165) is 11.3 Å². The topological polar surface area (TPSA) is 26.3 Å². The maximum Gasteiger partial charge on any atom is 0.319 e. The first-order valence-corrected chi connectivity index (χ1v) is 6.45. The fourth-order valence-electron chi connectivity index (χ4n) is 1.31. The van der Waals surface area contributed by atoms with Crippen molar-refractivity contribution in [3.05, 3.63) is 29.8 Å². The Kier molecular flexibility index (Phi) is 5.39. The average Bonchev–Trinajstić information content (AvgIpc) is 2.28. The van der Waals surface area contributed by atoms with Crippen LogP contribution in [0, 0.1) is 6.92 Å². The average molecular weight is 238 g/mol. The van der Waals surface area contributed by atoms with Crippen LogP contribution in [0.3, 0.4) is 0 Å². The van der Waals surface area contributed by atoms with Gasteiger partial charge in [-0.2, -0.15) is 0 Å². The Hall–Kier alpha value is -0.960. The SMILES string of the molecule is CCOC(=O)C(CC)Sc1ccc(C)cc1. The Morgan fingerprint density at radius 1 is 1.31 bits per heavy atom. The van der Waals surface area contributed by atoms with E-state index >= 15 is 0 Å². The Labute approximate surface area is 101 Å². The second-order valence-corrected chi connectivity index (χ2v) is 4.86. The summed E-state index contributed by atoms with van der Waals surface area (Å²) in [5.41, 5.74) is 1.23. The molecule has 0 heterocycles. The van der Waals surface area contributed by atoms with E-state index in [-0.39, 0.29) is 11.2 Å². The first-order valence-electron chi connectivity index (χ1n) is 5.57. The van der Waals surface area contributed by atoms with E-state index in [1.54, 1.807) is 11.8 Å². The van der Waals surface area contributed by atoms with Gasteiger partial charge < -0.3 is 4.74 Å². The normalized spacial score (nSPS) is 12.2. The zero-order chi connectivity index (χ0) is 12.0. The van der Waals surface area contributed by atoms with Crippen molar-refractivity contribution in [3.63, 3.8) is 0 Å². The highest BCUT2D eigenvalue weighted by Crippen LogP contribution is 2.26. The van der Waals surface area contributed by atoms with E-state index in [1.807, 2.05) is 26.0 Å². The second kappa shape index (κ2) is 6.59. The molecule has 16 heavy (non-hydrogen) atoms. The monoisotopic (exact) mass is 238 g/mol. The van der Waals surface area contributed by atoms with Crippen molar-refractivity contribution in [2.75, 3.05) is 6.61 Å². The van der Waals surface area contributed by atoms with Gasteiger partial charge in [0.15, 0.2) is 0 Å². The largest absolute Gasteiger partial charge is 0.465 e. The van der Waals surface area contributed by atoms with Gasteiger partial charge in [0.2, 0.25) is 0 Å². The standard InChI is InChI=1S/C13H18O2S/c1-4-12(13(14)15-5-2)16-11-8-6-10(3)7-9-11/h6-9,12H,4-5H2,1-3H3. The molecule has 0 saturated heterocycles. The minimum absolute atomic E-state index is 0.0948. The number of carbonyl (C=O) groups is 1. The number of hydrogen-bond donors (Lipinski definition) is 0. The van der Waals surface area contributed by atoms with E-state index in [4.69, 9.17) is 4.74 Å². The van der Waals surface area contributed by atoms with Crippen LogP contribution in [0.1, 0.15) is 25.8 Å². The third-order valence-corrected chi connectivity index (χ3v) is 3.57. The van der Waals surface area contributed by atoms with Crippen LogP contribution in [0.2, 0.25) is 0 Å². The number of benzene rings is 1. The van der Waals surface area contributed by atoms with Crippen molar-refractivity contribution in [1.29, 1.82) is 0 Å². The van der Waals surface area contributed by atoms with Gasteiger partial charge in [-0.25, -0.2) is 0 Å². The Morgan fingerprint density at radius 2 is 1.94 bits per heavy atom. The summed E-state index contributed by atoms with van der Waals surface area (Å²) in [6.45, 7) is 6.34. The lowest BCUT2D eigenvalue weighted by Crippen LogP contribution is -2.19. The van der Waals surface area contributed by atoms with Crippen molar-refractivity contribution in [1.82, 2.24) is 0 Å². The summed E-state index contributed by atoms with van der Waals surface area (Å²) in [5.74, 6) is -0.115. The van der Waals surface area contributed by atoms with Crippen molar-refractivity contribution >= 4 is 17.7 Å². The molecule has 1 aromatic rings. The lowest BCUT2D eigenvalue weighted by molar-refractivity contribution is -0.142. The molecule has 0 saturated carbocycles. The maximum atomic E-state index is 11.6. The van der Waals surface area contributed by atoms with Gasteiger partial charge in [-0.3, -0.25) is 4.79 Å². The molecule has 0 fully saturated rings. The van der Waals surface area contributed by atoms with E-state index in [2.05, 4.69) is 19.1 Å². The molecule has 0 amide bonds. The van der Waals surface area contributed by atoms with Crippen molar-refractivity contribution < 1.29 is 9.53 Å². The highest BCUT2D eigenvalue weighted by molar-refractivity contribution is 8.00. The molecule has 0 aliphatic rings. The molecule has 1 rings (SSSR count). The number of hydrogen-bond acceptors (Lipinski definition) is 3. The molecule has 88 valence electrons. The molecule has 0 N–H and O–H groups in total. The number of carbonyl (C=O) groups excluding carboxylic acids is 1. The Balaban J connectivity index is 2.62. The van der Waals surface area contributed by atoms with Gasteiger partial charge >= 0.3 is 5.97 Å². The van der Waals surface area contributed by atoms with Crippen molar-refractivity contribution in [2.45, 2.75) is 37.3 Å². The van der Waals surface area contributed by atoms with Gasteiger partial charge in [-0.15, -0.1) is 11.8 Å². The fourth-order valence-corrected chi connectivity index (χ4v) is 2.27. The number of ether oxygens (including phenoxy) is 1. The molecule has 1 unspecified atom stereocenters. The van der Waals surface area contributed by atoms with Crippen LogP contribution in [0.25, 0.3) is 0 Å². The Bertz CT molecular complexity index is 332. The molecule has 3 heteroatoms. The lowest BCUT2D eigenvalue weighted by atomic mass is 10.2. The molecular weight excluding hydrogens is 220 g/mol. The molecule has 2 nitrogen and oxygen atoms in total. The third-order valence-electron chi connectivity index (χ3n) is 2.22.